The molecule has 1 heterocycles. The van der Waals surface area contributed by atoms with Gasteiger partial charge in [-0.05, 0) is 24.6 Å². The zero-order valence-corrected chi connectivity index (χ0v) is 9.89. The summed E-state index contributed by atoms with van der Waals surface area (Å²) >= 11 is 0. The van der Waals surface area contributed by atoms with E-state index in [0.717, 1.165) is 16.9 Å². The Morgan fingerprint density at radius 2 is 2.28 bits per heavy atom. The average molecular weight is 245 g/mol. The summed E-state index contributed by atoms with van der Waals surface area (Å²) in [6.07, 6.45) is 2.48. The van der Waals surface area contributed by atoms with Crippen molar-refractivity contribution in [1.29, 1.82) is 0 Å². The molecule has 0 atom stereocenters. The fourth-order valence-electron chi connectivity index (χ4n) is 1.64. The summed E-state index contributed by atoms with van der Waals surface area (Å²) in [4.78, 5) is 11.5. The number of aliphatic hydroxyl groups excluding tert-OH is 1. The van der Waals surface area contributed by atoms with E-state index >= 15 is 0 Å². The van der Waals surface area contributed by atoms with Gasteiger partial charge in [0.05, 0.1) is 5.69 Å². The number of carbonyl (C=O) groups excluding carboxylic acids is 1. The Bertz CT molecular complexity index is 509. The molecule has 5 heteroatoms. The number of rotatable bonds is 5. The van der Waals surface area contributed by atoms with Crippen LogP contribution < -0.4 is 5.32 Å². The number of amides is 1. The minimum atomic E-state index is -0.0918. The zero-order valence-electron chi connectivity index (χ0n) is 9.89. The molecule has 0 aliphatic carbocycles. The number of hydrogen-bond donors (Lipinski definition) is 3. The topological polar surface area (TPSA) is 78.0 Å². The van der Waals surface area contributed by atoms with E-state index in [1.807, 2.05) is 30.3 Å². The molecule has 0 unspecified atom stereocenters. The molecule has 2 aromatic rings. The van der Waals surface area contributed by atoms with Crippen molar-refractivity contribution in [2.24, 2.45) is 0 Å². The highest BCUT2D eigenvalue weighted by Gasteiger charge is 2.04. The largest absolute Gasteiger partial charge is 0.396 e. The second-order valence-corrected chi connectivity index (χ2v) is 3.93. The summed E-state index contributed by atoms with van der Waals surface area (Å²) in [5.41, 5.74) is 2.61. The van der Waals surface area contributed by atoms with E-state index in [2.05, 4.69) is 15.5 Å². The van der Waals surface area contributed by atoms with Crippen molar-refractivity contribution in [3.8, 4) is 11.3 Å². The predicted molar refractivity (Wildman–Crippen MR) is 69.0 cm³/mol. The Morgan fingerprint density at radius 3 is 3.00 bits per heavy atom. The van der Waals surface area contributed by atoms with Crippen molar-refractivity contribution in [1.82, 2.24) is 10.2 Å². The molecule has 0 aliphatic heterocycles. The summed E-state index contributed by atoms with van der Waals surface area (Å²) in [6.45, 7) is 0.0294. The number of nitrogens with zero attached hydrogens (tertiary/aromatic N) is 1. The Labute approximate surface area is 105 Å². The number of aliphatic hydroxyl groups is 1. The fraction of sp³-hybridized carbons (Fsp3) is 0.231. The van der Waals surface area contributed by atoms with Crippen LogP contribution in [0.2, 0.25) is 0 Å². The van der Waals surface area contributed by atoms with Crippen LogP contribution in [-0.4, -0.2) is 27.8 Å². The van der Waals surface area contributed by atoms with Crippen LogP contribution in [-0.2, 0) is 4.79 Å². The van der Waals surface area contributed by atoms with Gasteiger partial charge in [-0.3, -0.25) is 9.89 Å². The number of aromatic nitrogens is 2. The molecule has 5 nitrogen and oxygen atoms in total. The number of nitrogens with one attached hydrogen (secondary N) is 2. The molecule has 0 fully saturated rings. The predicted octanol–water partition coefficient (Wildman–Crippen LogP) is 1.79. The quantitative estimate of drug-likeness (QED) is 0.751. The lowest BCUT2D eigenvalue weighted by molar-refractivity contribution is -0.116. The molecule has 94 valence electrons. The summed E-state index contributed by atoms with van der Waals surface area (Å²) in [5.74, 6) is -0.0918. The highest BCUT2D eigenvalue weighted by atomic mass is 16.3. The van der Waals surface area contributed by atoms with Gasteiger partial charge in [0.15, 0.2) is 0 Å². The van der Waals surface area contributed by atoms with Crippen molar-refractivity contribution in [2.45, 2.75) is 12.8 Å². The van der Waals surface area contributed by atoms with E-state index in [4.69, 9.17) is 5.11 Å². The van der Waals surface area contributed by atoms with Crippen LogP contribution in [0.25, 0.3) is 11.3 Å². The Balaban J connectivity index is 2.06. The van der Waals surface area contributed by atoms with Gasteiger partial charge in [0.25, 0.3) is 0 Å². The molecule has 3 N–H and O–H groups in total. The smallest absolute Gasteiger partial charge is 0.224 e. The third kappa shape index (κ3) is 3.18. The number of aromatic amines is 1. The molecule has 0 spiro atoms. The van der Waals surface area contributed by atoms with E-state index < -0.39 is 0 Å². The van der Waals surface area contributed by atoms with Gasteiger partial charge in [0, 0.05) is 30.5 Å². The minimum absolute atomic E-state index is 0.0294. The molecule has 0 aliphatic rings. The highest BCUT2D eigenvalue weighted by molar-refractivity contribution is 5.91. The molecule has 18 heavy (non-hydrogen) atoms. The van der Waals surface area contributed by atoms with E-state index in [9.17, 15) is 4.79 Å². The summed E-state index contributed by atoms with van der Waals surface area (Å²) in [5, 5.41) is 18.2. The van der Waals surface area contributed by atoms with Crippen molar-refractivity contribution in [2.75, 3.05) is 11.9 Å². The first-order chi connectivity index (χ1) is 8.79. The molecule has 1 aromatic heterocycles. The van der Waals surface area contributed by atoms with Crippen LogP contribution in [0.15, 0.2) is 36.5 Å². The van der Waals surface area contributed by atoms with Crippen LogP contribution in [0.1, 0.15) is 12.8 Å². The molecule has 1 aromatic carbocycles. The van der Waals surface area contributed by atoms with Gasteiger partial charge in [-0.2, -0.15) is 5.10 Å². The number of anilines is 1. The van der Waals surface area contributed by atoms with Gasteiger partial charge in [0.2, 0.25) is 5.91 Å². The lowest BCUT2D eigenvalue weighted by Gasteiger charge is -2.06. The van der Waals surface area contributed by atoms with Gasteiger partial charge in [-0.25, -0.2) is 0 Å². The maximum Gasteiger partial charge on any atom is 0.224 e. The number of benzene rings is 1. The number of hydrogen-bond acceptors (Lipinski definition) is 3. The lowest BCUT2D eigenvalue weighted by atomic mass is 10.1. The van der Waals surface area contributed by atoms with E-state index in [1.54, 1.807) is 6.20 Å². The van der Waals surface area contributed by atoms with Crippen molar-refractivity contribution in [3.05, 3.63) is 36.5 Å². The summed E-state index contributed by atoms with van der Waals surface area (Å²) in [7, 11) is 0. The molecule has 2 rings (SSSR count). The van der Waals surface area contributed by atoms with Gasteiger partial charge < -0.3 is 10.4 Å². The fourth-order valence-corrected chi connectivity index (χ4v) is 1.64. The summed E-state index contributed by atoms with van der Waals surface area (Å²) < 4.78 is 0. The highest BCUT2D eigenvalue weighted by Crippen LogP contribution is 2.20. The van der Waals surface area contributed by atoms with Crippen LogP contribution in [0.5, 0.6) is 0 Å². The Morgan fingerprint density at radius 1 is 1.39 bits per heavy atom. The third-order valence-corrected chi connectivity index (χ3v) is 2.52. The monoisotopic (exact) mass is 245 g/mol. The lowest BCUT2D eigenvalue weighted by Crippen LogP contribution is -2.11. The minimum Gasteiger partial charge on any atom is -0.396 e. The Hall–Kier alpha value is -2.14. The van der Waals surface area contributed by atoms with Crippen LogP contribution >= 0.6 is 0 Å². The van der Waals surface area contributed by atoms with E-state index in [-0.39, 0.29) is 12.5 Å². The van der Waals surface area contributed by atoms with Gasteiger partial charge in [0.1, 0.15) is 0 Å². The first kappa shape index (κ1) is 12.3. The molecule has 0 saturated carbocycles. The van der Waals surface area contributed by atoms with Crippen molar-refractivity contribution in [3.63, 3.8) is 0 Å². The second-order valence-electron chi connectivity index (χ2n) is 3.93. The Kier molecular flexibility index (Phi) is 4.09. The third-order valence-electron chi connectivity index (χ3n) is 2.52. The van der Waals surface area contributed by atoms with Crippen LogP contribution in [0, 0.1) is 0 Å². The molecule has 1 amide bonds. The molecule has 0 saturated heterocycles. The maximum atomic E-state index is 11.5. The SMILES string of the molecule is O=C(CCCO)Nc1cccc(-c2ccn[nH]2)c1. The van der Waals surface area contributed by atoms with Crippen molar-refractivity contribution < 1.29 is 9.90 Å². The number of carbonyl (C=O) groups is 1. The van der Waals surface area contributed by atoms with Crippen LogP contribution in [0.4, 0.5) is 5.69 Å². The van der Waals surface area contributed by atoms with Gasteiger partial charge in [-0.1, -0.05) is 12.1 Å². The van der Waals surface area contributed by atoms with Gasteiger partial charge >= 0.3 is 0 Å². The van der Waals surface area contributed by atoms with E-state index in [1.165, 1.54) is 0 Å². The van der Waals surface area contributed by atoms with E-state index in [0.29, 0.717) is 12.8 Å². The first-order valence-electron chi connectivity index (χ1n) is 5.80. The van der Waals surface area contributed by atoms with Crippen molar-refractivity contribution >= 4 is 11.6 Å². The first-order valence-corrected chi connectivity index (χ1v) is 5.80. The molecular formula is C13H15N3O2. The zero-order chi connectivity index (χ0) is 12.8. The van der Waals surface area contributed by atoms with Gasteiger partial charge in [-0.15, -0.1) is 0 Å². The van der Waals surface area contributed by atoms with Crippen LogP contribution in [0.3, 0.4) is 0 Å². The normalized spacial score (nSPS) is 10.3. The average Bonchev–Trinajstić information content (AvgIpc) is 2.90. The molecular weight excluding hydrogens is 230 g/mol. The molecule has 0 bridgehead atoms. The number of H-pyrrole nitrogens is 1. The molecule has 0 radical (unpaired) electrons. The maximum absolute atomic E-state index is 11.5. The summed E-state index contributed by atoms with van der Waals surface area (Å²) in [6, 6.07) is 9.39. The second kappa shape index (κ2) is 5.97. The standard InChI is InChI=1S/C13H15N3O2/c17-8-2-5-13(18)15-11-4-1-3-10(9-11)12-6-7-14-16-12/h1,3-4,6-7,9,17H,2,5,8H2,(H,14,16)(H,15,18).